The Hall–Kier alpha value is -2.31. The fraction of sp³-hybridized carbons (Fsp3) is 0.300. The van der Waals surface area contributed by atoms with Crippen molar-refractivity contribution in [1.82, 2.24) is 5.32 Å². The Balaban J connectivity index is 2.03. The highest BCUT2D eigenvalue weighted by Gasteiger charge is 2.35. The van der Waals surface area contributed by atoms with Gasteiger partial charge in [0.2, 0.25) is 0 Å². The number of aryl methyl sites for hydroxylation is 1. The first kappa shape index (κ1) is 20.4. The molecule has 0 unspecified atom stereocenters. The van der Waals surface area contributed by atoms with Crippen molar-refractivity contribution < 1.29 is 28.5 Å². The second-order valence-electron chi connectivity index (χ2n) is 6.68. The van der Waals surface area contributed by atoms with E-state index in [-0.39, 0.29) is 33.8 Å². The van der Waals surface area contributed by atoms with E-state index in [0.29, 0.717) is 12.0 Å². The van der Waals surface area contributed by atoms with Gasteiger partial charge >= 0.3 is 7.82 Å². The summed E-state index contributed by atoms with van der Waals surface area (Å²) in [6, 6.07) is 9.57. The molecule has 0 radical (unpaired) electrons. The maximum atomic E-state index is 13.0. The van der Waals surface area contributed by atoms with Crippen molar-refractivity contribution in [2.24, 2.45) is 0 Å². The van der Waals surface area contributed by atoms with Crippen LogP contribution in [-0.2, 0) is 11.0 Å². The lowest BCUT2D eigenvalue weighted by Gasteiger charge is -2.22. The molecule has 148 valence electrons. The minimum absolute atomic E-state index is 0.0697. The van der Waals surface area contributed by atoms with E-state index in [4.69, 9.17) is 4.52 Å². The van der Waals surface area contributed by atoms with Crippen LogP contribution < -0.4 is 9.84 Å². The first-order chi connectivity index (χ1) is 13.3. The van der Waals surface area contributed by atoms with E-state index in [1.165, 1.54) is 6.07 Å². The Morgan fingerprint density at radius 1 is 0.929 bits per heavy atom. The molecule has 0 atom stereocenters. The van der Waals surface area contributed by atoms with Crippen molar-refractivity contribution in [2.45, 2.75) is 25.7 Å². The van der Waals surface area contributed by atoms with Gasteiger partial charge in [0.05, 0.1) is 5.56 Å². The second-order valence-corrected chi connectivity index (χ2v) is 7.84. The van der Waals surface area contributed by atoms with Crippen LogP contribution in [0.5, 0.6) is 5.75 Å². The maximum absolute atomic E-state index is 13.0. The number of fused-ring (bicyclic) bond motifs is 2. The van der Waals surface area contributed by atoms with Gasteiger partial charge in [-0.2, -0.15) is 0 Å². The summed E-state index contributed by atoms with van der Waals surface area (Å²) in [6.45, 7) is 0.875. The van der Waals surface area contributed by atoms with Gasteiger partial charge in [-0.25, -0.2) is 4.57 Å². The Morgan fingerprint density at radius 3 is 2.25 bits per heavy atom. The highest BCUT2D eigenvalue weighted by atomic mass is 31.2. The monoisotopic (exact) mass is 403 g/mol. The summed E-state index contributed by atoms with van der Waals surface area (Å²) in [6.07, 6.45) is 3.11. The van der Waals surface area contributed by atoms with Gasteiger partial charge < -0.3 is 9.84 Å². The van der Waals surface area contributed by atoms with Crippen LogP contribution in [0.25, 0.3) is 0 Å². The van der Waals surface area contributed by atoms with Crippen LogP contribution in [0.15, 0.2) is 36.4 Å². The molecule has 8 heteroatoms. The molecular weight excluding hydrogens is 381 g/mol. The van der Waals surface area contributed by atoms with Crippen molar-refractivity contribution in [2.75, 3.05) is 13.6 Å². The molecule has 0 bridgehead atoms. The minimum atomic E-state index is -4.91. The van der Waals surface area contributed by atoms with Gasteiger partial charge in [0.25, 0.3) is 0 Å². The summed E-state index contributed by atoms with van der Waals surface area (Å²) in [5.74, 6) is -1.01. The largest absolute Gasteiger partial charge is 0.524 e. The number of phosphoric acid groups is 1. The minimum Gasteiger partial charge on any atom is -0.403 e. The average Bonchev–Trinajstić information content (AvgIpc) is 2.65. The van der Waals surface area contributed by atoms with Gasteiger partial charge in [-0.15, -0.1) is 0 Å². The smallest absolute Gasteiger partial charge is 0.403 e. The van der Waals surface area contributed by atoms with E-state index >= 15 is 0 Å². The van der Waals surface area contributed by atoms with Gasteiger partial charge in [0, 0.05) is 16.7 Å². The standard InChI is InChI=1S/C20H22NO6P/c1-21-12-6-2-3-7-13-10-11-16-17(20(13)27-28(24,25)26)19(23)15-9-5-4-8-14(15)18(16)22/h4-5,8-11,21H,2-3,6-7,12H2,1H3,(H2,24,25,26). The van der Waals surface area contributed by atoms with E-state index in [1.54, 1.807) is 30.3 Å². The number of rotatable bonds is 8. The zero-order valence-electron chi connectivity index (χ0n) is 15.5. The van der Waals surface area contributed by atoms with Crippen molar-refractivity contribution in [3.05, 3.63) is 64.2 Å². The molecule has 0 aromatic heterocycles. The topological polar surface area (TPSA) is 113 Å². The molecular formula is C20H22NO6P. The molecule has 3 N–H and O–H groups in total. The van der Waals surface area contributed by atoms with Crippen LogP contribution in [0, 0.1) is 0 Å². The van der Waals surface area contributed by atoms with E-state index in [0.717, 1.165) is 25.8 Å². The van der Waals surface area contributed by atoms with E-state index < -0.39 is 13.6 Å². The molecule has 0 fully saturated rings. The lowest BCUT2D eigenvalue weighted by molar-refractivity contribution is 0.0977. The van der Waals surface area contributed by atoms with E-state index in [2.05, 4.69) is 5.32 Å². The molecule has 1 aliphatic carbocycles. The molecule has 0 amide bonds. The van der Waals surface area contributed by atoms with Crippen molar-refractivity contribution in [1.29, 1.82) is 0 Å². The third-order valence-electron chi connectivity index (χ3n) is 4.71. The Bertz CT molecular complexity index is 965. The summed E-state index contributed by atoms with van der Waals surface area (Å²) in [5, 5.41) is 3.06. The van der Waals surface area contributed by atoms with Gasteiger partial charge in [-0.1, -0.05) is 36.8 Å². The number of phosphoric ester groups is 1. The molecule has 0 spiro atoms. The number of carbonyl (C=O) groups is 2. The number of unbranched alkanes of at least 4 members (excludes halogenated alkanes) is 2. The second kappa shape index (κ2) is 8.37. The molecule has 28 heavy (non-hydrogen) atoms. The summed E-state index contributed by atoms with van der Waals surface area (Å²) in [4.78, 5) is 44.6. The third-order valence-corrected chi connectivity index (χ3v) is 5.13. The van der Waals surface area contributed by atoms with Crippen molar-refractivity contribution in [3.8, 4) is 5.75 Å². The fourth-order valence-corrected chi connectivity index (χ4v) is 3.86. The lowest BCUT2D eigenvalue weighted by Crippen LogP contribution is -2.22. The predicted molar refractivity (Wildman–Crippen MR) is 104 cm³/mol. The highest BCUT2D eigenvalue weighted by Crippen LogP contribution is 2.44. The van der Waals surface area contributed by atoms with E-state index in [1.807, 2.05) is 7.05 Å². The van der Waals surface area contributed by atoms with Gasteiger partial charge in [0.15, 0.2) is 11.6 Å². The SMILES string of the molecule is CNCCCCCc1ccc2c(c1OP(=O)(O)O)C(=O)c1ccccc1C2=O. The average molecular weight is 403 g/mol. The maximum Gasteiger partial charge on any atom is 0.524 e. The lowest BCUT2D eigenvalue weighted by atomic mass is 9.82. The first-order valence-corrected chi connectivity index (χ1v) is 10.6. The molecule has 0 saturated heterocycles. The van der Waals surface area contributed by atoms with Crippen molar-refractivity contribution >= 4 is 19.4 Å². The number of ketones is 2. The molecule has 0 aliphatic heterocycles. The summed E-state index contributed by atoms with van der Waals surface area (Å²) in [7, 11) is -3.04. The van der Waals surface area contributed by atoms with Crippen LogP contribution in [0.1, 0.15) is 56.7 Å². The highest BCUT2D eigenvalue weighted by molar-refractivity contribution is 7.46. The molecule has 2 aromatic carbocycles. The number of hydrogen-bond acceptors (Lipinski definition) is 5. The number of benzene rings is 2. The molecule has 0 heterocycles. The van der Waals surface area contributed by atoms with Gasteiger partial charge in [-0.3, -0.25) is 19.4 Å². The predicted octanol–water partition coefficient (Wildman–Crippen LogP) is 2.87. The molecule has 7 nitrogen and oxygen atoms in total. The van der Waals surface area contributed by atoms with Crippen molar-refractivity contribution in [3.63, 3.8) is 0 Å². The number of hydrogen-bond donors (Lipinski definition) is 3. The summed E-state index contributed by atoms with van der Waals surface area (Å²) < 4.78 is 16.5. The fourth-order valence-electron chi connectivity index (χ4n) is 3.41. The third kappa shape index (κ3) is 4.23. The Morgan fingerprint density at radius 2 is 1.61 bits per heavy atom. The van der Waals surface area contributed by atoms with E-state index in [9.17, 15) is 23.9 Å². The summed E-state index contributed by atoms with van der Waals surface area (Å²) >= 11 is 0. The number of carbonyl (C=O) groups excluding carboxylic acids is 2. The molecule has 0 saturated carbocycles. The van der Waals surface area contributed by atoms with Crippen LogP contribution >= 0.6 is 7.82 Å². The summed E-state index contributed by atoms with van der Waals surface area (Å²) in [5.41, 5.74) is 1.03. The zero-order valence-corrected chi connectivity index (χ0v) is 16.4. The zero-order chi connectivity index (χ0) is 20.3. The van der Waals surface area contributed by atoms with Gasteiger partial charge in [0.1, 0.15) is 5.75 Å². The van der Waals surface area contributed by atoms with Crippen LogP contribution in [0.2, 0.25) is 0 Å². The first-order valence-electron chi connectivity index (χ1n) is 9.07. The number of nitrogens with one attached hydrogen (secondary N) is 1. The Labute approximate surface area is 163 Å². The molecule has 3 rings (SSSR count). The molecule has 1 aliphatic rings. The molecule has 2 aromatic rings. The normalized spacial score (nSPS) is 13.2. The van der Waals surface area contributed by atoms with Crippen LogP contribution in [0.3, 0.4) is 0 Å². The Kier molecular flexibility index (Phi) is 6.10. The van der Waals surface area contributed by atoms with Gasteiger partial charge in [-0.05, 0) is 44.5 Å². The van der Waals surface area contributed by atoms with Crippen LogP contribution in [0.4, 0.5) is 0 Å². The quantitative estimate of drug-likeness (QED) is 0.392. The van der Waals surface area contributed by atoms with Crippen LogP contribution in [-0.4, -0.2) is 34.9 Å².